The predicted octanol–water partition coefficient (Wildman–Crippen LogP) is 0.728. The van der Waals surface area contributed by atoms with Crippen LogP contribution in [0.4, 0.5) is 11.5 Å². The van der Waals surface area contributed by atoms with Crippen molar-refractivity contribution in [2.75, 3.05) is 30.7 Å². The number of hydrogen-bond acceptors (Lipinski definition) is 6. The van der Waals surface area contributed by atoms with Gasteiger partial charge in [0, 0.05) is 11.8 Å². The number of carbonyl (C=O) groups is 3. The van der Waals surface area contributed by atoms with Gasteiger partial charge in [-0.2, -0.15) is 0 Å². The molecule has 9 nitrogen and oxygen atoms in total. The summed E-state index contributed by atoms with van der Waals surface area (Å²) in [5, 5.41) is 4.98. The molecule has 3 heterocycles. The molecule has 150 valence electrons. The lowest BCUT2D eigenvalue weighted by atomic mass is 10.1. The summed E-state index contributed by atoms with van der Waals surface area (Å²) < 4.78 is 1.16. The highest BCUT2D eigenvalue weighted by Gasteiger charge is 2.31. The first kappa shape index (κ1) is 18.9. The summed E-state index contributed by atoms with van der Waals surface area (Å²) >= 11 is 0. The highest BCUT2D eigenvalue weighted by atomic mass is 16.2. The van der Waals surface area contributed by atoms with E-state index >= 15 is 0 Å². The van der Waals surface area contributed by atoms with Crippen molar-refractivity contribution in [3.05, 3.63) is 51.8 Å². The summed E-state index contributed by atoms with van der Waals surface area (Å²) in [5.41, 5.74) is 6.49. The third-order valence-corrected chi connectivity index (χ3v) is 5.18. The van der Waals surface area contributed by atoms with E-state index in [9.17, 15) is 19.2 Å². The first-order chi connectivity index (χ1) is 13.9. The Labute approximate surface area is 166 Å². The quantitative estimate of drug-likeness (QED) is 0.655. The van der Waals surface area contributed by atoms with Crippen LogP contribution < -0.4 is 21.9 Å². The molecule has 0 unspecified atom stereocenters. The summed E-state index contributed by atoms with van der Waals surface area (Å²) in [7, 11) is 0. The van der Waals surface area contributed by atoms with Crippen molar-refractivity contribution in [3.8, 4) is 5.69 Å². The maximum absolute atomic E-state index is 12.5. The van der Waals surface area contributed by atoms with E-state index in [-0.39, 0.29) is 22.9 Å². The molecule has 0 radical (unpaired) electrons. The molecule has 0 saturated carbocycles. The lowest BCUT2D eigenvalue weighted by Gasteiger charge is -2.25. The van der Waals surface area contributed by atoms with Crippen molar-refractivity contribution >= 4 is 29.2 Å². The average molecular weight is 395 g/mol. The first-order valence-corrected chi connectivity index (χ1v) is 9.48. The number of benzene rings is 1. The molecule has 4 rings (SSSR count). The molecule has 4 N–H and O–H groups in total. The number of nitrogen functional groups attached to an aromatic ring is 1. The van der Waals surface area contributed by atoms with Crippen LogP contribution in [0, 0.1) is 0 Å². The van der Waals surface area contributed by atoms with Crippen LogP contribution in [0.25, 0.3) is 5.69 Å². The number of aromatic nitrogens is 1. The third-order valence-electron chi connectivity index (χ3n) is 5.18. The highest BCUT2D eigenvalue weighted by molar-refractivity contribution is 6.23. The summed E-state index contributed by atoms with van der Waals surface area (Å²) in [6, 6.07) is 7.66. The third kappa shape index (κ3) is 3.64. The van der Waals surface area contributed by atoms with E-state index in [1.54, 1.807) is 24.3 Å². The Bertz CT molecular complexity index is 1050. The topological polar surface area (TPSA) is 127 Å². The molecule has 0 bridgehead atoms. The molecule has 9 heteroatoms. The molecule has 29 heavy (non-hydrogen) atoms. The minimum absolute atomic E-state index is 0.00601. The zero-order chi connectivity index (χ0) is 20.5. The Morgan fingerprint density at radius 3 is 2.41 bits per heavy atom. The second-order valence-corrected chi connectivity index (χ2v) is 7.21. The van der Waals surface area contributed by atoms with Crippen LogP contribution in [0.1, 0.15) is 40.0 Å². The Hall–Kier alpha value is -3.46. The van der Waals surface area contributed by atoms with Gasteiger partial charge in [0.2, 0.25) is 5.91 Å². The van der Waals surface area contributed by atoms with E-state index in [1.807, 2.05) is 0 Å². The summed E-state index contributed by atoms with van der Waals surface area (Å²) in [4.78, 5) is 50.5. The van der Waals surface area contributed by atoms with Gasteiger partial charge in [-0.15, -0.1) is 0 Å². The number of nitrogens with one attached hydrogen (secondary N) is 2. The Kier molecular flexibility index (Phi) is 4.89. The van der Waals surface area contributed by atoms with Crippen LogP contribution in [0.3, 0.4) is 0 Å². The van der Waals surface area contributed by atoms with Crippen LogP contribution in [-0.4, -0.2) is 46.8 Å². The number of imide groups is 1. The lowest BCUT2D eigenvalue weighted by Crippen LogP contribution is -2.36. The molecule has 1 aromatic carbocycles. The largest absolute Gasteiger partial charge is 0.384 e. The number of nitrogens with zero attached hydrogens (tertiary/aromatic N) is 2. The van der Waals surface area contributed by atoms with Crippen LogP contribution in [0.2, 0.25) is 0 Å². The van der Waals surface area contributed by atoms with E-state index in [0.29, 0.717) is 17.9 Å². The second kappa shape index (κ2) is 7.51. The number of rotatable bonds is 4. The number of hydrogen-bond donors (Lipinski definition) is 3. The van der Waals surface area contributed by atoms with Gasteiger partial charge in [0.25, 0.3) is 17.4 Å². The molecule has 1 aromatic heterocycles. The van der Waals surface area contributed by atoms with E-state index in [4.69, 9.17) is 5.73 Å². The maximum Gasteiger partial charge on any atom is 0.262 e. The molecule has 3 amide bonds. The molecule has 2 aliphatic heterocycles. The Balaban J connectivity index is 1.53. The molecule has 2 aliphatic rings. The fraction of sp³-hybridized carbons (Fsp3) is 0.300. The number of piperidine rings is 1. The van der Waals surface area contributed by atoms with Gasteiger partial charge < -0.3 is 11.1 Å². The van der Waals surface area contributed by atoms with Crippen molar-refractivity contribution in [1.29, 1.82) is 0 Å². The van der Waals surface area contributed by atoms with Crippen LogP contribution >= 0.6 is 0 Å². The number of pyridine rings is 1. The van der Waals surface area contributed by atoms with Gasteiger partial charge in [0.15, 0.2) is 0 Å². The van der Waals surface area contributed by atoms with Gasteiger partial charge in [-0.25, -0.2) is 0 Å². The van der Waals surface area contributed by atoms with Crippen LogP contribution in [-0.2, 0) is 4.79 Å². The molecule has 1 fully saturated rings. The first-order valence-electron chi connectivity index (χ1n) is 9.48. The SMILES string of the molecule is Nc1c2c(cc(=O)n1-c1ccc(NC(=O)CN3CCCCC3)cc1)C(=O)NC2=O. The molecular formula is C20H21N5O4. The highest BCUT2D eigenvalue weighted by Crippen LogP contribution is 2.23. The molecule has 0 spiro atoms. The maximum atomic E-state index is 12.5. The summed E-state index contributed by atoms with van der Waals surface area (Å²) in [5.74, 6) is -1.45. The van der Waals surface area contributed by atoms with E-state index in [0.717, 1.165) is 36.6 Å². The average Bonchev–Trinajstić information content (AvgIpc) is 2.97. The van der Waals surface area contributed by atoms with Gasteiger partial charge in [0.1, 0.15) is 5.82 Å². The van der Waals surface area contributed by atoms with Crippen molar-refractivity contribution in [2.24, 2.45) is 0 Å². The number of fused-ring (bicyclic) bond motifs is 1. The fourth-order valence-corrected chi connectivity index (χ4v) is 3.76. The second-order valence-electron chi connectivity index (χ2n) is 7.21. The fourth-order valence-electron chi connectivity index (χ4n) is 3.76. The Morgan fingerprint density at radius 2 is 1.72 bits per heavy atom. The number of amides is 3. The Morgan fingerprint density at radius 1 is 1.03 bits per heavy atom. The van der Waals surface area contributed by atoms with Crippen molar-refractivity contribution in [1.82, 2.24) is 14.8 Å². The van der Waals surface area contributed by atoms with Gasteiger partial charge >= 0.3 is 0 Å². The predicted molar refractivity (Wildman–Crippen MR) is 107 cm³/mol. The number of carbonyl (C=O) groups excluding carboxylic acids is 3. The molecular weight excluding hydrogens is 374 g/mol. The van der Waals surface area contributed by atoms with E-state index in [1.165, 1.54) is 6.42 Å². The van der Waals surface area contributed by atoms with Crippen molar-refractivity contribution in [3.63, 3.8) is 0 Å². The summed E-state index contributed by atoms with van der Waals surface area (Å²) in [6.07, 6.45) is 3.44. The van der Waals surface area contributed by atoms with Gasteiger partial charge in [-0.05, 0) is 50.2 Å². The standard InChI is InChI=1S/C20H21N5O4/c21-18-17-14(19(28)23-20(17)29)10-16(27)25(18)13-6-4-12(5-7-13)22-15(26)11-24-8-2-1-3-9-24/h4-7,10H,1-3,8-9,11,21H2,(H,22,26)(H,23,28,29). The molecule has 0 atom stereocenters. The van der Waals surface area contributed by atoms with Crippen LogP contribution in [0.5, 0.6) is 0 Å². The molecule has 2 aromatic rings. The van der Waals surface area contributed by atoms with Gasteiger partial charge in [-0.3, -0.25) is 34.0 Å². The zero-order valence-electron chi connectivity index (χ0n) is 15.7. The summed E-state index contributed by atoms with van der Waals surface area (Å²) in [6.45, 7) is 2.22. The number of nitrogens with two attached hydrogens (primary N) is 1. The van der Waals surface area contributed by atoms with E-state index in [2.05, 4.69) is 15.5 Å². The van der Waals surface area contributed by atoms with Gasteiger partial charge in [-0.1, -0.05) is 6.42 Å². The zero-order valence-corrected chi connectivity index (χ0v) is 15.7. The number of likely N-dealkylation sites (tertiary alicyclic amines) is 1. The minimum Gasteiger partial charge on any atom is -0.384 e. The molecule has 0 aliphatic carbocycles. The van der Waals surface area contributed by atoms with Gasteiger partial charge in [0.05, 0.1) is 23.4 Å². The van der Waals surface area contributed by atoms with Crippen LogP contribution in [0.15, 0.2) is 35.1 Å². The normalized spacial score (nSPS) is 16.4. The minimum atomic E-state index is -0.632. The smallest absolute Gasteiger partial charge is 0.262 e. The monoisotopic (exact) mass is 395 g/mol. The lowest BCUT2D eigenvalue weighted by molar-refractivity contribution is -0.117. The van der Waals surface area contributed by atoms with Crippen molar-refractivity contribution < 1.29 is 14.4 Å². The van der Waals surface area contributed by atoms with Crippen molar-refractivity contribution in [2.45, 2.75) is 19.3 Å². The van der Waals surface area contributed by atoms with E-state index < -0.39 is 17.4 Å². The molecule has 1 saturated heterocycles. The number of anilines is 2.